The number of hydrogen-bond acceptors (Lipinski definition) is 4. The predicted molar refractivity (Wildman–Crippen MR) is 131 cm³/mol. The minimum atomic E-state index is -1.70. The zero-order chi connectivity index (χ0) is 24.9. The molecule has 182 valence electrons. The van der Waals surface area contributed by atoms with E-state index in [1.165, 1.54) is 28.7 Å². The molecule has 2 aliphatic rings. The van der Waals surface area contributed by atoms with E-state index in [9.17, 15) is 19.1 Å². The number of aromatic amines is 1. The Bertz CT molecular complexity index is 1370. The number of carbonyl (C=O) groups excluding carboxylic acids is 1. The molecule has 0 bridgehead atoms. The maximum absolute atomic E-state index is 14.3. The maximum Gasteiger partial charge on any atom is 0.256 e. The highest BCUT2D eigenvalue weighted by molar-refractivity contribution is 6.30. The molecule has 1 saturated carbocycles. The lowest BCUT2D eigenvalue weighted by atomic mass is 9.90. The smallest absolute Gasteiger partial charge is 0.256 e. The summed E-state index contributed by atoms with van der Waals surface area (Å²) in [5.74, 6) is -0.430. The molecule has 1 aliphatic heterocycles. The number of fused-ring (bicyclic) bond motifs is 1. The van der Waals surface area contributed by atoms with Crippen molar-refractivity contribution in [1.82, 2.24) is 14.9 Å². The topological polar surface area (TPSA) is 86.3 Å². The highest BCUT2D eigenvalue weighted by Crippen LogP contribution is 2.52. The van der Waals surface area contributed by atoms with Crippen LogP contribution in [-0.2, 0) is 23.2 Å². The molecule has 35 heavy (non-hydrogen) atoms. The van der Waals surface area contributed by atoms with E-state index >= 15 is 0 Å². The molecule has 8 heteroatoms. The number of carbonyl (C=O) groups is 1. The molecule has 2 N–H and O–H groups in total. The zero-order valence-corrected chi connectivity index (χ0v) is 20.4. The standard InChI is InChI=1S/C27H27ClFN3O3/c1-15(2)16-5-3-6-17(13-16)27(10-11-27)26-30-21-9-12-32(14-19(21)24(34)31-26)25(35)23(33)18-7-4-8-20(28)22(18)29/h3-8,13,15,23,33H,9-12,14H2,1-2H3,(H,30,31,34). The Balaban J connectivity index is 1.41. The van der Waals surface area contributed by atoms with Gasteiger partial charge in [0, 0.05) is 18.5 Å². The van der Waals surface area contributed by atoms with Crippen molar-refractivity contribution in [3.05, 3.63) is 97.4 Å². The third kappa shape index (κ3) is 4.17. The summed E-state index contributed by atoms with van der Waals surface area (Å²) >= 11 is 5.80. The predicted octanol–water partition coefficient (Wildman–Crippen LogP) is 4.38. The van der Waals surface area contributed by atoms with Crippen LogP contribution in [-0.4, -0.2) is 32.4 Å². The number of halogens is 2. The molecule has 1 atom stereocenters. The summed E-state index contributed by atoms with van der Waals surface area (Å²) < 4.78 is 14.3. The molecule has 1 aliphatic carbocycles. The Morgan fingerprint density at radius 3 is 2.69 bits per heavy atom. The Morgan fingerprint density at radius 1 is 1.23 bits per heavy atom. The van der Waals surface area contributed by atoms with Crippen LogP contribution < -0.4 is 5.56 Å². The van der Waals surface area contributed by atoms with E-state index in [2.05, 4.69) is 43.1 Å². The van der Waals surface area contributed by atoms with E-state index in [1.807, 2.05) is 0 Å². The van der Waals surface area contributed by atoms with Gasteiger partial charge in [0.2, 0.25) is 0 Å². The number of nitrogens with one attached hydrogen (secondary N) is 1. The number of nitrogens with zero attached hydrogens (tertiary/aromatic N) is 2. The SMILES string of the molecule is CC(C)c1cccc(C2(c3nc4c(c(=O)[nH]3)CN(C(=O)C(O)c3cccc(Cl)c3F)CC4)CC2)c1. The van der Waals surface area contributed by atoms with E-state index in [1.54, 1.807) is 0 Å². The van der Waals surface area contributed by atoms with Crippen molar-refractivity contribution < 1.29 is 14.3 Å². The van der Waals surface area contributed by atoms with Gasteiger partial charge in [0.1, 0.15) is 11.6 Å². The third-order valence-electron chi connectivity index (χ3n) is 7.20. The Hall–Kier alpha value is -3.03. The van der Waals surface area contributed by atoms with E-state index in [0.29, 0.717) is 29.4 Å². The quantitative estimate of drug-likeness (QED) is 0.550. The van der Waals surface area contributed by atoms with Gasteiger partial charge in [-0.25, -0.2) is 9.37 Å². The number of rotatable bonds is 5. The molecule has 5 rings (SSSR count). The summed E-state index contributed by atoms with van der Waals surface area (Å²) in [6.07, 6.45) is 0.506. The Kier molecular flexibility index (Phi) is 6.01. The van der Waals surface area contributed by atoms with Crippen molar-refractivity contribution >= 4 is 17.5 Å². The van der Waals surface area contributed by atoms with E-state index < -0.39 is 17.8 Å². The maximum atomic E-state index is 14.3. The summed E-state index contributed by atoms with van der Waals surface area (Å²) in [4.78, 5) is 35.2. The Morgan fingerprint density at radius 2 is 1.97 bits per heavy atom. The van der Waals surface area contributed by atoms with Gasteiger partial charge in [0.25, 0.3) is 11.5 Å². The molecule has 0 radical (unpaired) electrons. The van der Waals surface area contributed by atoms with Crippen LogP contribution in [0.4, 0.5) is 4.39 Å². The lowest BCUT2D eigenvalue weighted by Gasteiger charge is -2.30. The molecule has 1 amide bonds. The number of H-pyrrole nitrogens is 1. The van der Waals surface area contributed by atoms with Crippen LogP contribution in [0, 0.1) is 5.82 Å². The monoisotopic (exact) mass is 495 g/mol. The molecular weight excluding hydrogens is 469 g/mol. The van der Waals surface area contributed by atoms with Crippen LogP contribution in [0.2, 0.25) is 5.02 Å². The van der Waals surface area contributed by atoms with Gasteiger partial charge in [-0.3, -0.25) is 9.59 Å². The fraction of sp³-hybridized carbons (Fsp3) is 0.370. The number of amides is 1. The first kappa shape index (κ1) is 23.7. The fourth-order valence-electron chi connectivity index (χ4n) is 4.86. The van der Waals surface area contributed by atoms with Crippen LogP contribution in [0.25, 0.3) is 0 Å². The van der Waals surface area contributed by atoms with Gasteiger partial charge in [-0.2, -0.15) is 0 Å². The first-order valence-corrected chi connectivity index (χ1v) is 12.2. The lowest BCUT2D eigenvalue weighted by molar-refractivity contribution is -0.141. The molecule has 6 nitrogen and oxygen atoms in total. The van der Waals surface area contributed by atoms with Gasteiger partial charge < -0.3 is 15.0 Å². The van der Waals surface area contributed by atoms with Gasteiger partial charge in [-0.15, -0.1) is 0 Å². The number of aliphatic hydroxyl groups excluding tert-OH is 1. The first-order chi connectivity index (χ1) is 16.7. The summed E-state index contributed by atoms with van der Waals surface area (Å²) in [7, 11) is 0. The molecule has 3 aromatic rings. The molecule has 2 heterocycles. The highest BCUT2D eigenvalue weighted by atomic mass is 35.5. The number of aromatic nitrogens is 2. The van der Waals surface area contributed by atoms with Crippen molar-refractivity contribution in [2.24, 2.45) is 0 Å². The van der Waals surface area contributed by atoms with Crippen molar-refractivity contribution in [2.75, 3.05) is 6.54 Å². The number of aliphatic hydroxyl groups is 1. The minimum absolute atomic E-state index is 0.00581. The van der Waals surface area contributed by atoms with Gasteiger partial charge in [0.05, 0.1) is 28.2 Å². The summed E-state index contributed by atoms with van der Waals surface area (Å²) in [5, 5.41) is 10.4. The normalized spacial score (nSPS) is 17.3. The molecule has 1 aromatic heterocycles. The van der Waals surface area contributed by atoms with Crippen molar-refractivity contribution in [1.29, 1.82) is 0 Å². The van der Waals surface area contributed by atoms with Crippen LogP contribution in [0.5, 0.6) is 0 Å². The van der Waals surface area contributed by atoms with Crippen LogP contribution in [0.15, 0.2) is 47.3 Å². The van der Waals surface area contributed by atoms with Crippen molar-refractivity contribution in [2.45, 2.75) is 57.1 Å². The van der Waals surface area contributed by atoms with E-state index in [-0.39, 0.29) is 34.6 Å². The molecule has 1 fully saturated rings. The largest absolute Gasteiger partial charge is 0.378 e. The van der Waals surface area contributed by atoms with Crippen molar-refractivity contribution in [3.63, 3.8) is 0 Å². The zero-order valence-electron chi connectivity index (χ0n) is 19.6. The second-order valence-electron chi connectivity index (χ2n) is 9.76. The highest BCUT2D eigenvalue weighted by Gasteiger charge is 2.49. The average molecular weight is 496 g/mol. The summed E-state index contributed by atoms with van der Waals surface area (Å²) in [6, 6.07) is 12.6. The molecule has 0 saturated heterocycles. The number of benzene rings is 2. The van der Waals surface area contributed by atoms with Crippen molar-refractivity contribution in [3.8, 4) is 0 Å². The van der Waals surface area contributed by atoms with Crippen LogP contribution in [0.3, 0.4) is 0 Å². The van der Waals surface area contributed by atoms with Gasteiger partial charge in [-0.05, 0) is 36.0 Å². The fourth-order valence-corrected chi connectivity index (χ4v) is 5.04. The molecule has 2 aromatic carbocycles. The summed E-state index contributed by atoms with van der Waals surface area (Å²) in [6.45, 7) is 4.59. The lowest BCUT2D eigenvalue weighted by Crippen LogP contribution is -2.42. The Labute approximate surface area is 207 Å². The van der Waals surface area contributed by atoms with Crippen LogP contribution >= 0.6 is 11.6 Å². The molecule has 0 spiro atoms. The van der Waals surface area contributed by atoms with E-state index in [4.69, 9.17) is 16.6 Å². The first-order valence-electron chi connectivity index (χ1n) is 11.8. The molecule has 1 unspecified atom stereocenters. The average Bonchev–Trinajstić information content (AvgIpc) is 3.67. The minimum Gasteiger partial charge on any atom is -0.378 e. The van der Waals surface area contributed by atoms with E-state index in [0.717, 1.165) is 18.4 Å². The van der Waals surface area contributed by atoms with Gasteiger partial charge in [0.15, 0.2) is 6.10 Å². The number of hydrogen-bond donors (Lipinski definition) is 2. The summed E-state index contributed by atoms with van der Waals surface area (Å²) in [5.41, 5.74) is 2.73. The second-order valence-corrected chi connectivity index (χ2v) is 10.2. The van der Waals surface area contributed by atoms with Gasteiger partial charge >= 0.3 is 0 Å². The van der Waals surface area contributed by atoms with Gasteiger partial charge in [-0.1, -0.05) is 61.8 Å². The third-order valence-corrected chi connectivity index (χ3v) is 7.49. The van der Waals surface area contributed by atoms with Crippen LogP contribution in [0.1, 0.15) is 72.5 Å². The molecular formula is C27H27ClFN3O3. The second kappa shape index (κ2) is 8.88.